The van der Waals surface area contributed by atoms with E-state index in [1.54, 1.807) is 39.2 Å². The zero-order valence-corrected chi connectivity index (χ0v) is 21.3. The summed E-state index contributed by atoms with van der Waals surface area (Å²) in [6.07, 6.45) is 1.79. The van der Waals surface area contributed by atoms with Crippen molar-refractivity contribution in [2.24, 2.45) is 4.99 Å². The van der Waals surface area contributed by atoms with Crippen LogP contribution in [0.15, 0.2) is 68.0 Å². The average Bonchev–Trinajstić information content (AvgIpc) is 3.08. The first-order chi connectivity index (χ1) is 15.8. The molecule has 1 aliphatic rings. The zero-order chi connectivity index (χ0) is 23.7. The lowest BCUT2D eigenvalue weighted by molar-refractivity contribution is -0.139. The fourth-order valence-corrected chi connectivity index (χ4v) is 5.55. The summed E-state index contributed by atoms with van der Waals surface area (Å²) in [5, 5.41) is 0.452. The summed E-state index contributed by atoms with van der Waals surface area (Å²) in [7, 11) is 1.59. The van der Waals surface area contributed by atoms with Gasteiger partial charge >= 0.3 is 5.97 Å². The fourth-order valence-electron chi connectivity index (χ4n) is 3.71. The van der Waals surface area contributed by atoms with Gasteiger partial charge in [0.25, 0.3) is 5.56 Å². The number of hydrogen-bond acceptors (Lipinski definition) is 6. The minimum absolute atomic E-state index is 0.210. The van der Waals surface area contributed by atoms with Crippen LogP contribution in [0.1, 0.15) is 31.0 Å². The molecule has 1 aromatic heterocycles. The number of thiazole rings is 1. The Balaban J connectivity index is 1.95. The van der Waals surface area contributed by atoms with E-state index in [4.69, 9.17) is 21.1 Å². The molecule has 2 aromatic carbocycles. The summed E-state index contributed by atoms with van der Waals surface area (Å²) in [5.41, 5.74) is 2.00. The normalized spacial score (nSPS) is 15.8. The topological polar surface area (TPSA) is 69.9 Å². The maximum atomic E-state index is 13.6. The average molecular weight is 548 g/mol. The molecule has 0 saturated heterocycles. The highest BCUT2D eigenvalue weighted by Gasteiger charge is 2.34. The smallest absolute Gasteiger partial charge is 0.338 e. The van der Waals surface area contributed by atoms with E-state index in [1.807, 2.05) is 30.3 Å². The largest absolute Gasteiger partial charge is 0.496 e. The van der Waals surface area contributed by atoms with E-state index in [2.05, 4.69) is 20.9 Å². The van der Waals surface area contributed by atoms with Crippen LogP contribution in [0.3, 0.4) is 0 Å². The third-order valence-electron chi connectivity index (χ3n) is 5.19. The number of methoxy groups -OCH3 is 1. The molecular formula is C24H20BrClN2O4S. The number of halogens is 2. The molecule has 170 valence electrons. The summed E-state index contributed by atoms with van der Waals surface area (Å²) < 4.78 is 13.4. The standard InChI is InChI=1S/C24H20BrClN2O4S/c1-4-32-23(30)20-13(2)27-24-28(21(20)15-7-5-6-8-17(15)26)22(29)19(33-24)12-14-9-10-18(31-3)16(25)11-14/h5-12,21H,4H2,1-3H3/t21-/m0/s1. The summed E-state index contributed by atoms with van der Waals surface area (Å²) in [6.45, 7) is 3.69. The first-order valence-corrected chi connectivity index (χ1v) is 12.1. The molecule has 1 atom stereocenters. The number of carbonyl (C=O) groups excluding carboxylic acids is 1. The van der Waals surface area contributed by atoms with Gasteiger partial charge in [-0.3, -0.25) is 9.36 Å². The lowest BCUT2D eigenvalue weighted by atomic mass is 9.96. The number of hydrogen-bond donors (Lipinski definition) is 0. The van der Waals surface area contributed by atoms with Crippen LogP contribution in [0.4, 0.5) is 0 Å². The van der Waals surface area contributed by atoms with E-state index in [1.165, 1.54) is 15.9 Å². The minimum Gasteiger partial charge on any atom is -0.496 e. The van der Waals surface area contributed by atoms with Gasteiger partial charge in [-0.05, 0) is 65.2 Å². The molecule has 0 fully saturated rings. The molecule has 6 nitrogen and oxygen atoms in total. The molecule has 0 bridgehead atoms. The molecule has 0 saturated carbocycles. The molecule has 9 heteroatoms. The van der Waals surface area contributed by atoms with Gasteiger partial charge in [0.2, 0.25) is 0 Å². The molecule has 0 spiro atoms. The molecule has 0 unspecified atom stereocenters. The van der Waals surface area contributed by atoms with Crippen molar-refractivity contribution in [2.75, 3.05) is 13.7 Å². The molecular weight excluding hydrogens is 528 g/mol. The first kappa shape index (κ1) is 23.5. The number of allylic oxidation sites excluding steroid dienone is 1. The number of aromatic nitrogens is 1. The maximum Gasteiger partial charge on any atom is 0.338 e. The van der Waals surface area contributed by atoms with Gasteiger partial charge in [0.1, 0.15) is 11.8 Å². The second kappa shape index (κ2) is 9.67. The summed E-state index contributed by atoms with van der Waals surface area (Å²) in [4.78, 5) is 31.5. The Bertz CT molecular complexity index is 1460. The summed E-state index contributed by atoms with van der Waals surface area (Å²) >= 11 is 11.2. The van der Waals surface area contributed by atoms with E-state index in [0.29, 0.717) is 36.9 Å². The van der Waals surface area contributed by atoms with Crippen LogP contribution in [0, 0.1) is 0 Å². The Morgan fingerprint density at radius 3 is 2.73 bits per heavy atom. The number of ether oxygens (including phenoxy) is 2. The Kier molecular flexibility index (Phi) is 6.88. The van der Waals surface area contributed by atoms with Crippen molar-refractivity contribution in [3.8, 4) is 5.75 Å². The van der Waals surface area contributed by atoms with Crippen molar-refractivity contribution in [3.05, 3.63) is 94.0 Å². The number of nitrogens with zero attached hydrogens (tertiary/aromatic N) is 2. The molecule has 0 aliphatic carbocycles. The Morgan fingerprint density at radius 2 is 2.06 bits per heavy atom. The van der Waals surface area contributed by atoms with Crippen molar-refractivity contribution in [1.29, 1.82) is 0 Å². The predicted molar refractivity (Wildman–Crippen MR) is 133 cm³/mol. The number of rotatable bonds is 5. The predicted octanol–water partition coefficient (Wildman–Crippen LogP) is 4.22. The third-order valence-corrected chi connectivity index (χ3v) is 7.14. The van der Waals surface area contributed by atoms with E-state index >= 15 is 0 Å². The van der Waals surface area contributed by atoms with E-state index in [-0.39, 0.29) is 12.2 Å². The van der Waals surface area contributed by atoms with Crippen LogP contribution in [0.5, 0.6) is 5.75 Å². The Hall–Kier alpha value is -2.68. The van der Waals surface area contributed by atoms with Crippen molar-refractivity contribution < 1.29 is 14.3 Å². The molecule has 4 rings (SSSR count). The van der Waals surface area contributed by atoms with Crippen molar-refractivity contribution in [2.45, 2.75) is 19.9 Å². The highest BCUT2D eigenvalue weighted by atomic mass is 79.9. The van der Waals surface area contributed by atoms with Crippen molar-refractivity contribution >= 4 is 50.9 Å². The molecule has 0 radical (unpaired) electrons. The van der Waals surface area contributed by atoms with Gasteiger partial charge in [0.05, 0.1) is 34.0 Å². The van der Waals surface area contributed by atoms with Gasteiger partial charge in [-0.25, -0.2) is 9.79 Å². The zero-order valence-electron chi connectivity index (χ0n) is 18.1. The summed E-state index contributed by atoms with van der Waals surface area (Å²) in [6, 6.07) is 12.0. The second-order valence-corrected chi connectivity index (χ2v) is 9.49. The van der Waals surface area contributed by atoms with Gasteiger partial charge in [0, 0.05) is 5.02 Å². The second-order valence-electron chi connectivity index (χ2n) is 7.22. The lowest BCUT2D eigenvalue weighted by Gasteiger charge is -2.25. The molecule has 0 amide bonds. The van der Waals surface area contributed by atoms with Crippen LogP contribution in [-0.4, -0.2) is 24.3 Å². The Labute approximate surface area is 207 Å². The fraction of sp³-hybridized carbons (Fsp3) is 0.208. The molecule has 1 aliphatic heterocycles. The van der Waals surface area contributed by atoms with Crippen LogP contribution in [0.2, 0.25) is 5.02 Å². The van der Waals surface area contributed by atoms with Crippen molar-refractivity contribution in [3.63, 3.8) is 0 Å². The van der Waals surface area contributed by atoms with Gasteiger partial charge in [-0.2, -0.15) is 0 Å². The summed E-state index contributed by atoms with van der Waals surface area (Å²) in [5.74, 6) is 0.180. The number of carbonyl (C=O) groups is 1. The number of fused-ring (bicyclic) bond motifs is 1. The van der Waals surface area contributed by atoms with Crippen LogP contribution in [0.25, 0.3) is 6.08 Å². The minimum atomic E-state index is -0.737. The Morgan fingerprint density at radius 1 is 1.30 bits per heavy atom. The van der Waals surface area contributed by atoms with Crippen LogP contribution < -0.4 is 19.6 Å². The van der Waals surface area contributed by atoms with Crippen LogP contribution in [-0.2, 0) is 9.53 Å². The highest BCUT2D eigenvalue weighted by molar-refractivity contribution is 9.10. The molecule has 3 aromatic rings. The van der Waals surface area contributed by atoms with Crippen molar-refractivity contribution in [1.82, 2.24) is 4.57 Å². The van der Waals surface area contributed by atoms with Gasteiger partial charge < -0.3 is 9.47 Å². The van der Waals surface area contributed by atoms with Gasteiger partial charge in [-0.15, -0.1) is 0 Å². The maximum absolute atomic E-state index is 13.6. The van der Waals surface area contributed by atoms with Crippen LogP contribution >= 0.6 is 38.9 Å². The van der Waals surface area contributed by atoms with E-state index < -0.39 is 12.0 Å². The quantitative estimate of drug-likeness (QED) is 0.449. The number of benzene rings is 2. The van der Waals surface area contributed by atoms with E-state index in [0.717, 1.165) is 10.0 Å². The monoisotopic (exact) mass is 546 g/mol. The van der Waals surface area contributed by atoms with Gasteiger partial charge in [-0.1, -0.05) is 47.2 Å². The first-order valence-electron chi connectivity index (χ1n) is 10.1. The van der Waals surface area contributed by atoms with Gasteiger partial charge in [0.15, 0.2) is 4.80 Å². The SMILES string of the molecule is CCOC(=O)C1=C(C)N=c2sc(=Cc3ccc(OC)c(Br)c3)c(=O)n2[C@H]1c1ccccc1Cl. The lowest BCUT2D eigenvalue weighted by Crippen LogP contribution is -2.40. The molecule has 33 heavy (non-hydrogen) atoms. The highest BCUT2D eigenvalue weighted by Crippen LogP contribution is 2.34. The molecule has 2 heterocycles. The third kappa shape index (κ3) is 4.43. The number of esters is 1. The molecule has 0 N–H and O–H groups in total. The van der Waals surface area contributed by atoms with E-state index in [9.17, 15) is 9.59 Å².